The fourth-order valence-electron chi connectivity index (χ4n) is 3.33. The number of hydrogen-bond acceptors (Lipinski definition) is 6. The van der Waals surface area contributed by atoms with Crippen molar-refractivity contribution < 1.29 is 23.6 Å². The van der Waals surface area contributed by atoms with Gasteiger partial charge in [0.2, 0.25) is 0 Å². The van der Waals surface area contributed by atoms with Crippen LogP contribution in [-0.2, 0) is 6.61 Å². The average molecular weight is 527 g/mol. The van der Waals surface area contributed by atoms with Crippen LogP contribution in [0.25, 0.3) is 0 Å². The quantitative estimate of drug-likeness (QED) is 0.186. The van der Waals surface area contributed by atoms with Crippen molar-refractivity contribution in [1.29, 1.82) is 0 Å². The zero-order chi connectivity index (χ0) is 25.8. The largest absolute Gasteiger partial charge is 0.485 e. The number of halogens is 2. The van der Waals surface area contributed by atoms with E-state index >= 15 is 0 Å². The number of ether oxygens (including phenoxy) is 2. The Hall–Kier alpha value is -4.01. The first-order valence-corrected chi connectivity index (χ1v) is 11.5. The Morgan fingerprint density at radius 1 is 0.972 bits per heavy atom. The lowest BCUT2D eigenvalue weighted by Crippen LogP contribution is -2.11. The van der Waals surface area contributed by atoms with E-state index < -0.39 is 10.8 Å². The normalized spacial score (nSPS) is 10.7. The van der Waals surface area contributed by atoms with Gasteiger partial charge >= 0.3 is 0 Å². The molecule has 0 atom stereocenters. The van der Waals surface area contributed by atoms with Crippen LogP contribution < -0.4 is 14.8 Å². The first-order valence-electron chi connectivity index (χ1n) is 10.7. The van der Waals surface area contributed by atoms with Gasteiger partial charge < -0.3 is 19.2 Å². The van der Waals surface area contributed by atoms with E-state index in [1.807, 2.05) is 13.8 Å². The van der Waals surface area contributed by atoms with E-state index in [-0.39, 0.29) is 29.5 Å². The number of nitrogens with one attached hydrogen (secondary N) is 1. The number of nitrogens with zero attached hydrogens (tertiary/aromatic N) is 1. The number of anilines is 1. The third-order valence-corrected chi connectivity index (χ3v) is 5.78. The Kier molecular flexibility index (Phi) is 7.47. The molecule has 4 aromatic rings. The van der Waals surface area contributed by atoms with Crippen molar-refractivity contribution in [2.24, 2.45) is 0 Å². The second-order valence-electron chi connectivity index (χ2n) is 7.90. The lowest BCUT2D eigenvalue weighted by Gasteiger charge is -2.10. The molecule has 0 aliphatic carbocycles. The van der Waals surface area contributed by atoms with Crippen molar-refractivity contribution in [3.8, 4) is 17.2 Å². The highest BCUT2D eigenvalue weighted by Crippen LogP contribution is 2.31. The van der Waals surface area contributed by atoms with Crippen molar-refractivity contribution in [2.45, 2.75) is 20.5 Å². The summed E-state index contributed by atoms with van der Waals surface area (Å²) >= 11 is 12.0. The highest BCUT2D eigenvalue weighted by Gasteiger charge is 2.17. The summed E-state index contributed by atoms with van der Waals surface area (Å²) in [5, 5.41) is 15.2. The molecule has 0 saturated heterocycles. The molecule has 1 aromatic heterocycles. The molecule has 0 unspecified atom stereocenters. The van der Waals surface area contributed by atoms with Crippen molar-refractivity contribution in [3.63, 3.8) is 0 Å². The van der Waals surface area contributed by atoms with Gasteiger partial charge in [0.25, 0.3) is 11.6 Å². The van der Waals surface area contributed by atoms with Crippen LogP contribution in [0.2, 0.25) is 10.0 Å². The van der Waals surface area contributed by atoms with Gasteiger partial charge in [0, 0.05) is 22.2 Å². The number of aryl methyl sites for hydroxylation is 2. The summed E-state index contributed by atoms with van der Waals surface area (Å²) in [5.74, 6) is 1.12. The Morgan fingerprint density at radius 3 is 2.50 bits per heavy atom. The van der Waals surface area contributed by atoms with Gasteiger partial charge in [-0.25, -0.2) is 0 Å². The number of rotatable bonds is 8. The first-order chi connectivity index (χ1) is 17.2. The second kappa shape index (κ2) is 10.7. The number of hydrogen-bond donors (Lipinski definition) is 1. The number of amides is 1. The fraction of sp³-hybridized carbons (Fsp3) is 0.115. The van der Waals surface area contributed by atoms with E-state index in [4.69, 9.17) is 37.1 Å². The fourth-order valence-corrected chi connectivity index (χ4v) is 3.67. The third kappa shape index (κ3) is 6.16. The van der Waals surface area contributed by atoms with E-state index in [1.54, 1.807) is 42.5 Å². The predicted octanol–water partition coefficient (Wildman–Crippen LogP) is 7.74. The van der Waals surface area contributed by atoms with Crippen molar-refractivity contribution in [2.75, 3.05) is 5.32 Å². The minimum atomic E-state index is -0.585. The van der Waals surface area contributed by atoms with Gasteiger partial charge in [-0.2, -0.15) is 0 Å². The lowest BCUT2D eigenvalue weighted by atomic mass is 10.2. The van der Waals surface area contributed by atoms with E-state index in [0.717, 1.165) is 11.1 Å². The maximum absolute atomic E-state index is 12.7. The van der Waals surface area contributed by atoms with Gasteiger partial charge in [-0.1, -0.05) is 23.2 Å². The molecular weight excluding hydrogens is 507 g/mol. The highest BCUT2D eigenvalue weighted by atomic mass is 35.5. The van der Waals surface area contributed by atoms with Crippen LogP contribution in [-0.4, -0.2) is 10.8 Å². The molecule has 1 N–H and O–H groups in total. The van der Waals surface area contributed by atoms with Crippen molar-refractivity contribution in [1.82, 2.24) is 0 Å². The number of non-ortho nitro benzene ring substituents is 1. The van der Waals surface area contributed by atoms with Gasteiger partial charge in [0.15, 0.2) is 5.76 Å². The van der Waals surface area contributed by atoms with Crippen molar-refractivity contribution in [3.05, 3.63) is 110 Å². The van der Waals surface area contributed by atoms with Gasteiger partial charge in [0.05, 0.1) is 16.7 Å². The van der Waals surface area contributed by atoms with E-state index in [9.17, 15) is 14.9 Å². The first kappa shape index (κ1) is 25.1. The number of furan rings is 1. The molecule has 10 heteroatoms. The molecule has 0 bridgehead atoms. The molecule has 1 heterocycles. The van der Waals surface area contributed by atoms with Gasteiger partial charge in [-0.05, 0) is 73.5 Å². The van der Waals surface area contributed by atoms with Crippen LogP contribution in [0.3, 0.4) is 0 Å². The molecule has 3 aromatic carbocycles. The standard InChI is InChI=1S/C26H20Cl2N2O6/c1-15-10-20(4-6-23(15)28)35-22-12-18(11-19(13-22)30(32)33)29-26(31)25-8-5-21(36-25)14-34-24-7-3-17(27)9-16(24)2/h3-13H,14H2,1-2H3,(H,29,31). The molecular formula is C26H20Cl2N2O6. The molecule has 0 aliphatic heterocycles. The molecule has 1 amide bonds. The number of nitro benzene ring substituents is 1. The maximum Gasteiger partial charge on any atom is 0.291 e. The Bertz CT molecular complexity index is 1450. The van der Waals surface area contributed by atoms with E-state index in [2.05, 4.69) is 5.32 Å². The average Bonchev–Trinajstić information content (AvgIpc) is 3.30. The minimum Gasteiger partial charge on any atom is -0.485 e. The second-order valence-corrected chi connectivity index (χ2v) is 8.75. The molecule has 36 heavy (non-hydrogen) atoms. The molecule has 0 fully saturated rings. The van der Waals surface area contributed by atoms with Crippen LogP contribution in [0.4, 0.5) is 11.4 Å². The van der Waals surface area contributed by atoms with E-state index in [1.165, 1.54) is 24.3 Å². The number of nitro groups is 1. The van der Waals surface area contributed by atoms with E-state index in [0.29, 0.717) is 27.3 Å². The maximum atomic E-state index is 12.7. The Balaban J connectivity index is 1.47. The van der Waals surface area contributed by atoms with Gasteiger partial charge in [-0.15, -0.1) is 0 Å². The smallest absolute Gasteiger partial charge is 0.291 e. The molecule has 0 spiro atoms. The summed E-state index contributed by atoms with van der Waals surface area (Å²) < 4.78 is 17.1. The number of benzene rings is 3. The summed E-state index contributed by atoms with van der Waals surface area (Å²) in [6.07, 6.45) is 0. The Labute approximate surface area is 216 Å². The molecule has 0 radical (unpaired) electrons. The number of carbonyl (C=O) groups is 1. The zero-order valence-corrected chi connectivity index (χ0v) is 20.7. The summed E-state index contributed by atoms with van der Waals surface area (Å²) in [6, 6.07) is 17.3. The molecule has 0 aliphatic rings. The zero-order valence-electron chi connectivity index (χ0n) is 19.2. The molecule has 4 rings (SSSR count). The number of carbonyl (C=O) groups excluding carboxylic acids is 1. The van der Waals surface area contributed by atoms with Crippen LogP contribution in [0, 0.1) is 24.0 Å². The molecule has 0 saturated carbocycles. The topological polar surface area (TPSA) is 104 Å². The van der Waals surface area contributed by atoms with Crippen molar-refractivity contribution >= 4 is 40.5 Å². The lowest BCUT2D eigenvalue weighted by molar-refractivity contribution is -0.384. The van der Waals surface area contributed by atoms with Crippen LogP contribution >= 0.6 is 23.2 Å². The predicted molar refractivity (Wildman–Crippen MR) is 137 cm³/mol. The summed E-state index contributed by atoms with van der Waals surface area (Å²) in [6.45, 7) is 3.78. The Morgan fingerprint density at radius 2 is 1.78 bits per heavy atom. The van der Waals surface area contributed by atoms with Crippen LogP contribution in [0.15, 0.2) is 71.1 Å². The molecule has 184 valence electrons. The summed E-state index contributed by atoms with van der Waals surface area (Å²) in [4.78, 5) is 23.6. The minimum absolute atomic E-state index is 0.0173. The third-order valence-electron chi connectivity index (χ3n) is 5.12. The summed E-state index contributed by atoms with van der Waals surface area (Å²) in [5.41, 5.74) is 1.57. The van der Waals surface area contributed by atoms with Crippen LogP contribution in [0.1, 0.15) is 27.4 Å². The van der Waals surface area contributed by atoms with Crippen LogP contribution in [0.5, 0.6) is 17.2 Å². The monoisotopic (exact) mass is 526 g/mol. The molecule has 8 nitrogen and oxygen atoms in total. The SMILES string of the molecule is Cc1cc(Oc2cc(NC(=O)c3ccc(COc4ccc(Cl)cc4C)o3)cc([N+](=O)[O-])c2)ccc1Cl. The summed E-state index contributed by atoms with van der Waals surface area (Å²) in [7, 11) is 0. The van der Waals surface area contributed by atoms with Gasteiger partial charge in [0.1, 0.15) is 29.6 Å². The highest BCUT2D eigenvalue weighted by molar-refractivity contribution is 6.31. The van der Waals surface area contributed by atoms with Gasteiger partial charge in [-0.3, -0.25) is 14.9 Å².